The van der Waals surface area contributed by atoms with Gasteiger partial charge in [0.05, 0.1) is 11.5 Å². The van der Waals surface area contributed by atoms with Crippen LogP contribution in [0, 0.1) is 5.92 Å². The molecule has 2 N–H and O–H groups in total. The fraction of sp³-hybridized carbons (Fsp3) is 0.500. The predicted molar refractivity (Wildman–Crippen MR) is 90.4 cm³/mol. The van der Waals surface area contributed by atoms with Crippen LogP contribution in [0.25, 0.3) is 5.57 Å². The summed E-state index contributed by atoms with van der Waals surface area (Å²) in [7, 11) is 0. The fourth-order valence-electron chi connectivity index (χ4n) is 2.24. The van der Waals surface area contributed by atoms with E-state index in [1.165, 1.54) is 23.1 Å². The van der Waals surface area contributed by atoms with E-state index < -0.39 is 0 Å². The molecule has 0 bridgehead atoms. The topological polar surface area (TPSA) is 38.4 Å². The first kappa shape index (κ1) is 16.5. The third kappa shape index (κ3) is 4.52. The molecule has 0 aliphatic carbocycles. The lowest BCUT2D eigenvalue weighted by atomic mass is 9.89. The molecule has 1 aromatic rings. The van der Waals surface area contributed by atoms with Gasteiger partial charge in [-0.05, 0) is 44.2 Å². The molecule has 0 amide bonds. The van der Waals surface area contributed by atoms with Gasteiger partial charge < -0.3 is 5.73 Å². The first-order valence-corrected chi connectivity index (χ1v) is 7.58. The Morgan fingerprint density at radius 2 is 1.85 bits per heavy atom. The predicted octanol–water partition coefficient (Wildman–Crippen LogP) is 5.31. The summed E-state index contributed by atoms with van der Waals surface area (Å²) in [6.07, 6.45) is 3.37. The number of amidine groups is 1. The third-order valence-electron chi connectivity index (χ3n) is 3.82. The molecule has 2 nitrogen and oxygen atoms in total. The number of para-hydroxylation sites is 1. The highest BCUT2D eigenvalue weighted by Gasteiger charge is 2.12. The maximum Gasteiger partial charge on any atom is 0.0965 e. The molecule has 20 heavy (non-hydrogen) atoms. The second kappa shape index (κ2) is 7.88. The van der Waals surface area contributed by atoms with Gasteiger partial charge in [0, 0.05) is 5.56 Å². The van der Waals surface area contributed by atoms with Crippen molar-refractivity contribution in [2.75, 3.05) is 0 Å². The second-order valence-electron chi connectivity index (χ2n) is 5.60. The first-order valence-electron chi connectivity index (χ1n) is 7.58. The Morgan fingerprint density at radius 1 is 1.20 bits per heavy atom. The molecule has 0 spiro atoms. The van der Waals surface area contributed by atoms with Gasteiger partial charge in [-0.25, -0.2) is 4.99 Å². The van der Waals surface area contributed by atoms with E-state index in [0.717, 1.165) is 18.5 Å². The summed E-state index contributed by atoms with van der Waals surface area (Å²) in [5, 5.41) is 0. The first-order chi connectivity index (χ1) is 9.49. The van der Waals surface area contributed by atoms with Crippen molar-refractivity contribution < 1.29 is 0 Å². The SMILES string of the molecule is CC/C(C)=C(\CC(C)CC)c1ccccc1N=C(C)N. The van der Waals surface area contributed by atoms with Gasteiger partial charge in [-0.3, -0.25) is 0 Å². The number of allylic oxidation sites excluding steroid dienone is 2. The van der Waals surface area contributed by atoms with E-state index in [4.69, 9.17) is 5.73 Å². The number of benzene rings is 1. The molecule has 0 radical (unpaired) electrons. The molecule has 0 saturated carbocycles. The molecular formula is C18H28N2. The summed E-state index contributed by atoms with van der Waals surface area (Å²) in [5.41, 5.74) is 10.9. The minimum absolute atomic E-state index is 0.606. The van der Waals surface area contributed by atoms with E-state index in [1.807, 2.05) is 19.1 Å². The lowest BCUT2D eigenvalue weighted by Crippen LogP contribution is -2.05. The molecule has 0 heterocycles. The Balaban J connectivity index is 3.32. The van der Waals surface area contributed by atoms with Crippen LogP contribution in [0.2, 0.25) is 0 Å². The molecule has 1 atom stereocenters. The van der Waals surface area contributed by atoms with Crippen molar-refractivity contribution in [2.45, 2.75) is 53.9 Å². The molecule has 0 fully saturated rings. The average Bonchev–Trinajstić information content (AvgIpc) is 2.44. The van der Waals surface area contributed by atoms with Crippen LogP contribution >= 0.6 is 0 Å². The van der Waals surface area contributed by atoms with E-state index in [1.54, 1.807) is 0 Å². The van der Waals surface area contributed by atoms with E-state index >= 15 is 0 Å². The van der Waals surface area contributed by atoms with E-state index in [-0.39, 0.29) is 0 Å². The maximum absolute atomic E-state index is 5.76. The molecule has 2 heteroatoms. The molecule has 1 aromatic carbocycles. The lowest BCUT2D eigenvalue weighted by Gasteiger charge is -2.18. The second-order valence-corrected chi connectivity index (χ2v) is 5.60. The smallest absolute Gasteiger partial charge is 0.0965 e. The summed E-state index contributed by atoms with van der Waals surface area (Å²) in [6, 6.07) is 8.32. The maximum atomic E-state index is 5.76. The zero-order valence-electron chi connectivity index (χ0n) is 13.5. The molecule has 110 valence electrons. The molecule has 1 rings (SSSR count). The summed E-state index contributed by atoms with van der Waals surface area (Å²) < 4.78 is 0. The molecule has 0 aliphatic heterocycles. The summed E-state index contributed by atoms with van der Waals surface area (Å²) in [6.45, 7) is 10.8. The highest BCUT2D eigenvalue weighted by molar-refractivity contribution is 5.84. The van der Waals surface area contributed by atoms with Crippen LogP contribution in [-0.2, 0) is 0 Å². The van der Waals surface area contributed by atoms with Crippen molar-refractivity contribution in [1.82, 2.24) is 0 Å². The van der Waals surface area contributed by atoms with Crippen molar-refractivity contribution in [2.24, 2.45) is 16.6 Å². The van der Waals surface area contributed by atoms with Crippen LogP contribution in [0.5, 0.6) is 0 Å². The van der Waals surface area contributed by atoms with Crippen LogP contribution in [0.4, 0.5) is 5.69 Å². The Hall–Kier alpha value is -1.57. The van der Waals surface area contributed by atoms with Crippen molar-refractivity contribution >= 4 is 17.1 Å². The minimum Gasteiger partial charge on any atom is -0.387 e. The van der Waals surface area contributed by atoms with Crippen LogP contribution in [0.1, 0.15) is 59.4 Å². The molecule has 1 unspecified atom stereocenters. The number of aliphatic imine (C=N–C) groups is 1. The number of nitrogens with two attached hydrogens (primary N) is 1. The van der Waals surface area contributed by atoms with Crippen LogP contribution in [0.15, 0.2) is 34.8 Å². The quantitative estimate of drug-likeness (QED) is 0.552. The van der Waals surface area contributed by atoms with E-state index in [0.29, 0.717) is 11.8 Å². The van der Waals surface area contributed by atoms with Gasteiger partial charge in [-0.1, -0.05) is 51.0 Å². The van der Waals surface area contributed by atoms with Gasteiger partial charge >= 0.3 is 0 Å². The number of hydrogen-bond donors (Lipinski definition) is 1. The number of nitrogens with zero attached hydrogens (tertiary/aromatic N) is 1. The Bertz CT molecular complexity index is 494. The zero-order chi connectivity index (χ0) is 15.1. The molecule has 0 saturated heterocycles. The third-order valence-corrected chi connectivity index (χ3v) is 3.82. The lowest BCUT2D eigenvalue weighted by molar-refractivity contribution is 0.578. The minimum atomic E-state index is 0.606. The van der Waals surface area contributed by atoms with E-state index in [2.05, 4.69) is 44.8 Å². The van der Waals surface area contributed by atoms with Gasteiger partial charge in [-0.15, -0.1) is 0 Å². The zero-order valence-corrected chi connectivity index (χ0v) is 13.5. The fourth-order valence-corrected chi connectivity index (χ4v) is 2.24. The van der Waals surface area contributed by atoms with Gasteiger partial charge in [0.15, 0.2) is 0 Å². The van der Waals surface area contributed by atoms with Gasteiger partial charge in [0.25, 0.3) is 0 Å². The van der Waals surface area contributed by atoms with E-state index in [9.17, 15) is 0 Å². The summed E-state index contributed by atoms with van der Waals surface area (Å²) in [4.78, 5) is 4.49. The van der Waals surface area contributed by atoms with Crippen molar-refractivity contribution in [3.8, 4) is 0 Å². The van der Waals surface area contributed by atoms with Crippen molar-refractivity contribution in [3.05, 3.63) is 35.4 Å². The Morgan fingerprint density at radius 3 is 2.40 bits per heavy atom. The summed E-state index contributed by atoms with van der Waals surface area (Å²) >= 11 is 0. The van der Waals surface area contributed by atoms with Crippen LogP contribution < -0.4 is 5.73 Å². The monoisotopic (exact) mass is 272 g/mol. The normalized spacial score (nSPS) is 14.9. The Kier molecular flexibility index (Phi) is 6.50. The van der Waals surface area contributed by atoms with Crippen molar-refractivity contribution in [3.63, 3.8) is 0 Å². The Labute approximate surface area is 123 Å². The van der Waals surface area contributed by atoms with Crippen LogP contribution in [0.3, 0.4) is 0 Å². The molecule has 0 aromatic heterocycles. The molecular weight excluding hydrogens is 244 g/mol. The van der Waals surface area contributed by atoms with Gasteiger partial charge in [0.1, 0.15) is 0 Å². The average molecular weight is 272 g/mol. The summed E-state index contributed by atoms with van der Waals surface area (Å²) in [5.74, 6) is 1.29. The highest BCUT2D eigenvalue weighted by atomic mass is 14.8. The number of hydrogen-bond acceptors (Lipinski definition) is 1. The van der Waals surface area contributed by atoms with Crippen molar-refractivity contribution in [1.29, 1.82) is 0 Å². The molecule has 0 aliphatic rings. The number of rotatable bonds is 6. The standard InChI is InChI=1S/C18H28N2/c1-6-13(3)12-17(14(4)7-2)16-10-8-9-11-18(16)20-15(5)19/h8-11,13H,6-7,12H2,1-5H3,(H2,19,20)/b17-14+. The van der Waals surface area contributed by atoms with Crippen LogP contribution in [-0.4, -0.2) is 5.84 Å². The van der Waals surface area contributed by atoms with Gasteiger partial charge in [0.2, 0.25) is 0 Å². The largest absolute Gasteiger partial charge is 0.387 e. The highest BCUT2D eigenvalue weighted by Crippen LogP contribution is 2.34. The van der Waals surface area contributed by atoms with Gasteiger partial charge in [-0.2, -0.15) is 0 Å².